The molecule has 0 bridgehead atoms. The highest BCUT2D eigenvalue weighted by Crippen LogP contribution is 2.41. The van der Waals surface area contributed by atoms with Crippen molar-refractivity contribution in [3.05, 3.63) is 124 Å². The first-order valence-corrected chi connectivity index (χ1v) is 13.5. The van der Waals surface area contributed by atoms with Crippen molar-refractivity contribution in [2.24, 2.45) is 0 Å². The minimum atomic E-state index is -1.34. The van der Waals surface area contributed by atoms with E-state index in [9.17, 15) is 39.9 Å². The molecule has 0 unspecified atom stereocenters. The number of benzene rings is 6. The summed E-state index contributed by atoms with van der Waals surface area (Å²) in [7, 11) is 0. The average molecular weight is 589 g/mol. The fourth-order valence-corrected chi connectivity index (χ4v) is 5.70. The molecule has 44 heavy (non-hydrogen) atoms. The van der Waals surface area contributed by atoms with E-state index in [1.165, 1.54) is 18.2 Å². The van der Waals surface area contributed by atoms with E-state index in [4.69, 9.17) is 4.74 Å². The van der Waals surface area contributed by atoms with Crippen LogP contribution in [0.5, 0.6) is 17.2 Å². The zero-order chi connectivity index (χ0) is 31.1. The van der Waals surface area contributed by atoms with Crippen LogP contribution in [0.4, 0.5) is 0 Å². The van der Waals surface area contributed by atoms with E-state index >= 15 is 0 Å². The van der Waals surface area contributed by atoms with Gasteiger partial charge in [0, 0.05) is 23.1 Å². The molecule has 6 aromatic rings. The van der Waals surface area contributed by atoms with Gasteiger partial charge in [-0.25, -0.2) is 14.4 Å². The zero-order valence-corrected chi connectivity index (χ0v) is 22.9. The monoisotopic (exact) mass is 588 g/mol. The van der Waals surface area contributed by atoms with Crippen LogP contribution < -0.4 is 4.74 Å². The number of fused-ring (bicyclic) bond motifs is 3. The third kappa shape index (κ3) is 4.76. The van der Waals surface area contributed by atoms with Gasteiger partial charge in [0.15, 0.2) is 0 Å². The molecular weight excluding hydrogens is 564 g/mol. The molecule has 5 N–H and O–H groups in total. The lowest BCUT2D eigenvalue weighted by Gasteiger charge is -2.20. The molecule has 0 amide bonds. The summed E-state index contributed by atoms with van der Waals surface area (Å²) in [5.41, 5.74) is -0.0591. The van der Waals surface area contributed by atoms with E-state index in [0.717, 1.165) is 0 Å². The molecule has 6 rings (SSSR count). The summed E-state index contributed by atoms with van der Waals surface area (Å²) in [6, 6.07) is 25.0. The van der Waals surface area contributed by atoms with E-state index in [1.54, 1.807) is 72.8 Å². The average Bonchev–Trinajstić information content (AvgIpc) is 3.01. The Bertz CT molecular complexity index is 2160. The van der Waals surface area contributed by atoms with E-state index in [2.05, 4.69) is 0 Å². The van der Waals surface area contributed by atoms with Crippen molar-refractivity contribution >= 4 is 50.2 Å². The van der Waals surface area contributed by atoms with Crippen molar-refractivity contribution in [3.63, 3.8) is 0 Å². The Kier molecular flexibility index (Phi) is 6.98. The van der Waals surface area contributed by atoms with Gasteiger partial charge < -0.3 is 30.3 Å². The molecule has 6 aromatic carbocycles. The number of aromatic carboxylic acids is 3. The van der Waals surface area contributed by atoms with E-state index < -0.39 is 29.4 Å². The minimum Gasteiger partial charge on any atom is -0.507 e. The van der Waals surface area contributed by atoms with Crippen LogP contribution in [0.3, 0.4) is 0 Å². The molecule has 0 spiro atoms. The van der Waals surface area contributed by atoms with Gasteiger partial charge in [-0.3, -0.25) is 0 Å². The van der Waals surface area contributed by atoms with Crippen molar-refractivity contribution in [1.82, 2.24) is 0 Å². The number of hydrogen-bond donors (Lipinski definition) is 5. The summed E-state index contributed by atoms with van der Waals surface area (Å²) < 4.78 is 6.22. The van der Waals surface area contributed by atoms with Gasteiger partial charge in [-0.1, -0.05) is 72.8 Å². The molecule has 0 saturated heterocycles. The van der Waals surface area contributed by atoms with Gasteiger partial charge in [0.1, 0.15) is 40.5 Å². The number of hydrogen-bond acceptors (Lipinski definition) is 6. The third-order valence-electron chi connectivity index (χ3n) is 7.76. The van der Waals surface area contributed by atoms with Gasteiger partial charge in [-0.2, -0.15) is 0 Å². The maximum atomic E-state index is 12.6. The molecule has 0 aromatic heterocycles. The predicted octanol–water partition coefficient (Wildman–Crippen LogP) is 6.82. The fourth-order valence-electron chi connectivity index (χ4n) is 5.70. The molecule has 0 atom stereocenters. The maximum absolute atomic E-state index is 12.6. The Hall–Kier alpha value is -6.09. The molecule has 0 aliphatic rings. The molecular formula is C35H24O9. The first-order valence-electron chi connectivity index (χ1n) is 13.5. The second-order valence-electron chi connectivity index (χ2n) is 10.3. The molecule has 0 radical (unpaired) electrons. The van der Waals surface area contributed by atoms with Gasteiger partial charge in [0.2, 0.25) is 0 Å². The van der Waals surface area contributed by atoms with Crippen LogP contribution in [0.1, 0.15) is 47.8 Å². The number of carbonyl (C=O) groups is 3. The lowest BCUT2D eigenvalue weighted by Crippen LogP contribution is -2.09. The number of ether oxygens (including phenoxy) is 1. The Balaban J connectivity index is 1.59. The Morgan fingerprint density at radius 1 is 0.523 bits per heavy atom. The van der Waals surface area contributed by atoms with Crippen LogP contribution in [-0.4, -0.2) is 43.4 Å². The summed E-state index contributed by atoms with van der Waals surface area (Å²) in [5.74, 6) is -4.99. The summed E-state index contributed by atoms with van der Waals surface area (Å²) in [5, 5.41) is 55.3. The highest BCUT2D eigenvalue weighted by atomic mass is 16.5. The van der Waals surface area contributed by atoms with Crippen LogP contribution >= 0.6 is 0 Å². The molecule has 0 aliphatic carbocycles. The molecule has 0 saturated carbocycles. The van der Waals surface area contributed by atoms with E-state index in [0.29, 0.717) is 37.9 Å². The molecule has 0 fully saturated rings. The van der Waals surface area contributed by atoms with Gasteiger partial charge in [-0.15, -0.1) is 0 Å². The van der Waals surface area contributed by atoms with Crippen molar-refractivity contribution < 1.29 is 44.7 Å². The minimum absolute atomic E-state index is 0.0652. The number of carboxylic acids is 3. The van der Waals surface area contributed by atoms with E-state index in [-0.39, 0.29) is 46.6 Å². The SMILES string of the molecule is O=C(O)c1cc2ccccc2c(COc2c(C(=O)O)cc3ccccc3c2Cc2c(O)c(C(=O)O)cc3ccccc23)c1O. The first-order chi connectivity index (χ1) is 21.2. The summed E-state index contributed by atoms with van der Waals surface area (Å²) in [6.45, 7) is -0.388. The van der Waals surface area contributed by atoms with Crippen LogP contribution in [0, 0.1) is 0 Å². The normalized spacial score (nSPS) is 11.2. The maximum Gasteiger partial charge on any atom is 0.339 e. The van der Waals surface area contributed by atoms with Crippen LogP contribution in [0.15, 0.2) is 91.0 Å². The molecule has 9 heteroatoms. The second kappa shape index (κ2) is 11.0. The molecule has 218 valence electrons. The number of rotatable bonds is 8. The van der Waals surface area contributed by atoms with Gasteiger partial charge in [0.25, 0.3) is 0 Å². The quantitative estimate of drug-likeness (QED) is 0.128. The molecule has 0 aliphatic heterocycles. The topological polar surface area (TPSA) is 162 Å². The summed E-state index contributed by atoms with van der Waals surface area (Å²) in [4.78, 5) is 36.5. The van der Waals surface area contributed by atoms with Crippen LogP contribution in [0.2, 0.25) is 0 Å². The second-order valence-corrected chi connectivity index (χ2v) is 10.3. The summed E-state index contributed by atoms with van der Waals surface area (Å²) in [6.07, 6.45) is -0.105. The Morgan fingerprint density at radius 3 is 1.39 bits per heavy atom. The van der Waals surface area contributed by atoms with Crippen molar-refractivity contribution in [2.45, 2.75) is 13.0 Å². The van der Waals surface area contributed by atoms with Gasteiger partial charge >= 0.3 is 17.9 Å². The predicted molar refractivity (Wildman–Crippen MR) is 163 cm³/mol. The van der Waals surface area contributed by atoms with Gasteiger partial charge in [-0.05, 0) is 50.5 Å². The van der Waals surface area contributed by atoms with Crippen molar-refractivity contribution in [3.8, 4) is 17.2 Å². The number of aromatic hydroxyl groups is 2. The highest BCUT2D eigenvalue weighted by molar-refractivity contribution is 6.03. The Morgan fingerprint density at radius 2 is 0.909 bits per heavy atom. The summed E-state index contributed by atoms with van der Waals surface area (Å²) >= 11 is 0. The smallest absolute Gasteiger partial charge is 0.339 e. The zero-order valence-electron chi connectivity index (χ0n) is 22.9. The van der Waals surface area contributed by atoms with Gasteiger partial charge in [0.05, 0.1) is 0 Å². The molecule has 9 nitrogen and oxygen atoms in total. The third-order valence-corrected chi connectivity index (χ3v) is 7.76. The first kappa shape index (κ1) is 28.0. The number of carboxylic acid groups (broad SMARTS) is 3. The number of phenols is 2. The van der Waals surface area contributed by atoms with E-state index in [1.807, 2.05) is 0 Å². The van der Waals surface area contributed by atoms with Crippen LogP contribution in [0.25, 0.3) is 32.3 Å². The van der Waals surface area contributed by atoms with Crippen molar-refractivity contribution in [1.29, 1.82) is 0 Å². The largest absolute Gasteiger partial charge is 0.507 e. The Labute approximate surface area is 249 Å². The highest BCUT2D eigenvalue weighted by Gasteiger charge is 2.25. The van der Waals surface area contributed by atoms with Crippen LogP contribution in [-0.2, 0) is 13.0 Å². The fraction of sp³-hybridized carbons (Fsp3) is 0.0571. The standard InChI is InChI=1S/C35H24O9/c36-30-24(21-10-4-1-7-18(21)13-26(30)33(38)39)16-25-22-11-5-2-9-20(22)15-28(35(42)43)32(25)44-17-29-23-12-6-3-8-19(23)14-27(31(29)37)34(40)41/h1-15,36-37H,16-17H2,(H,38,39)(H,40,41)(H,42,43). The lowest BCUT2D eigenvalue weighted by molar-refractivity contribution is 0.0681. The van der Waals surface area contributed by atoms with Crippen molar-refractivity contribution in [2.75, 3.05) is 0 Å². The lowest BCUT2D eigenvalue weighted by atomic mass is 9.90. The molecule has 0 heterocycles.